The van der Waals surface area contributed by atoms with E-state index in [0.717, 1.165) is 5.56 Å². The van der Waals surface area contributed by atoms with Gasteiger partial charge < -0.3 is 13.9 Å². The van der Waals surface area contributed by atoms with Crippen molar-refractivity contribution in [3.05, 3.63) is 93.9 Å². The molecule has 0 saturated heterocycles. The number of hydrogen-bond donors (Lipinski definition) is 0. The Balaban J connectivity index is 1.78. The number of carbonyl (C=O) groups is 3. The zero-order chi connectivity index (χ0) is 21.0. The Morgan fingerprint density at radius 1 is 0.862 bits per heavy atom. The van der Waals surface area contributed by atoms with E-state index in [1.54, 1.807) is 37.3 Å². The first-order valence-corrected chi connectivity index (χ1v) is 8.96. The summed E-state index contributed by atoms with van der Waals surface area (Å²) in [5, 5.41) is 0. The van der Waals surface area contributed by atoms with Gasteiger partial charge in [0.1, 0.15) is 23.7 Å². The van der Waals surface area contributed by atoms with Crippen molar-refractivity contribution in [2.45, 2.75) is 20.5 Å². The largest absolute Gasteiger partial charge is 0.465 e. The number of esters is 2. The van der Waals surface area contributed by atoms with E-state index in [1.165, 1.54) is 19.2 Å². The summed E-state index contributed by atoms with van der Waals surface area (Å²) < 4.78 is 15.4. The summed E-state index contributed by atoms with van der Waals surface area (Å²) in [5.74, 6) is -0.775. The standard InChI is InChI=1S/C23H20O6/c1-14-8-10-16(11-9-14)21(24)18-6-4-5-7-19(18)23(26)28-13-17-12-20(15(2)29-17)22(25)27-3/h4-12H,13H2,1-3H3. The number of furan rings is 1. The van der Waals surface area contributed by atoms with E-state index < -0.39 is 11.9 Å². The minimum absolute atomic E-state index is 0.162. The minimum atomic E-state index is -0.658. The molecule has 148 valence electrons. The van der Waals surface area contributed by atoms with Crippen LogP contribution in [0.3, 0.4) is 0 Å². The predicted octanol–water partition coefficient (Wildman–Crippen LogP) is 4.27. The highest BCUT2D eigenvalue weighted by molar-refractivity contribution is 6.14. The van der Waals surface area contributed by atoms with Gasteiger partial charge in [0, 0.05) is 11.1 Å². The lowest BCUT2D eigenvalue weighted by Crippen LogP contribution is -2.12. The van der Waals surface area contributed by atoms with Crippen LogP contribution in [0.5, 0.6) is 0 Å². The molecule has 3 aromatic rings. The summed E-state index contributed by atoms with van der Waals surface area (Å²) >= 11 is 0. The molecule has 0 unspecified atom stereocenters. The van der Waals surface area contributed by atoms with E-state index in [1.807, 2.05) is 19.1 Å². The molecule has 0 radical (unpaired) electrons. The molecule has 3 rings (SSSR count). The third-order valence-corrected chi connectivity index (χ3v) is 4.42. The fourth-order valence-electron chi connectivity index (χ4n) is 2.86. The van der Waals surface area contributed by atoms with E-state index in [2.05, 4.69) is 4.74 Å². The molecule has 0 aliphatic carbocycles. The van der Waals surface area contributed by atoms with E-state index in [4.69, 9.17) is 9.15 Å². The number of aryl methyl sites for hydroxylation is 2. The van der Waals surface area contributed by atoms with E-state index in [0.29, 0.717) is 17.1 Å². The average molecular weight is 392 g/mol. The van der Waals surface area contributed by atoms with Crippen LogP contribution in [0.25, 0.3) is 0 Å². The number of ether oxygens (including phenoxy) is 2. The summed E-state index contributed by atoms with van der Waals surface area (Å²) in [6.07, 6.45) is 0. The van der Waals surface area contributed by atoms with Gasteiger partial charge in [-0.25, -0.2) is 9.59 Å². The molecular weight excluding hydrogens is 372 g/mol. The predicted molar refractivity (Wildman–Crippen MR) is 105 cm³/mol. The van der Waals surface area contributed by atoms with Crippen molar-refractivity contribution in [1.29, 1.82) is 0 Å². The molecule has 1 heterocycles. The van der Waals surface area contributed by atoms with Crippen LogP contribution < -0.4 is 0 Å². The highest BCUT2D eigenvalue weighted by Crippen LogP contribution is 2.19. The SMILES string of the molecule is COC(=O)c1cc(COC(=O)c2ccccc2C(=O)c2ccc(C)cc2)oc1C. The highest BCUT2D eigenvalue weighted by atomic mass is 16.5. The Hall–Kier alpha value is -3.67. The Labute approximate surface area is 168 Å². The van der Waals surface area contributed by atoms with Crippen molar-refractivity contribution < 1.29 is 28.3 Å². The van der Waals surface area contributed by atoms with E-state index in [-0.39, 0.29) is 29.1 Å². The van der Waals surface area contributed by atoms with Crippen molar-refractivity contribution >= 4 is 17.7 Å². The zero-order valence-corrected chi connectivity index (χ0v) is 16.4. The first-order valence-electron chi connectivity index (χ1n) is 8.96. The molecule has 6 heteroatoms. The summed E-state index contributed by atoms with van der Waals surface area (Å²) in [6, 6.07) is 15.1. The quantitative estimate of drug-likeness (QED) is 0.460. The fourth-order valence-corrected chi connectivity index (χ4v) is 2.86. The molecule has 0 saturated carbocycles. The molecule has 29 heavy (non-hydrogen) atoms. The molecule has 0 atom stereocenters. The second kappa shape index (κ2) is 8.56. The number of carbonyl (C=O) groups excluding carboxylic acids is 3. The number of ketones is 1. The molecule has 0 aliphatic heterocycles. The van der Waals surface area contributed by atoms with Crippen LogP contribution in [0.4, 0.5) is 0 Å². The molecule has 0 amide bonds. The molecule has 0 spiro atoms. The van der Waals surface area contributed by atoms with Gasteiger partial charge >= 0.3 is 11.9 Å². The Kier molecular flexibility index (Phi) is 5.93. The first-order chi connectivity index (χ1) is 13.9. The maximum Gasteiger partial charge on any atom is 0.341 e. The number of methoxy groups -OCH3 is 1. The molecule has 1 aromatic heterocycles. The smallest absolute Gasteiger partial charge is 0.341 e. The van der Waals surface area contributed by atoms with Crippen molar-refractivity contribution in [3.8, 4) is 0 Å². The van der Waals surface area contributed by atoms with Crippen LogP contribution >= 0.6 is 0 Å². The van der Waals surface area contributed by atoms with Crippen LogP contribution in [-0.4, -0.2) is 24.8 Å². The van der Waals surface area contributed by atoms with Gasteiger partial charge in [-0.1, -0.05) is 48.0 Å². The van der Waals surface area contributed by atoms with Gasteiger partial charge in [0.15, 0.2) is 5.78 Å². The lowest BCUT2D eigenvalue weighted by Gasteiger charge is -2.09. The fraction of sp³-hybridized carbons (Fsp3) is 0.174. The third-order valence-electron chi connectivity index (χ3n) is 4.42. The van der Waals surface area contributed by atoms with Crippen molar-refractivity contribution in [2.24, 2.45) is 0 Å². The van der Waals surface area contributed by atoms with E-state index in [9.17, 15) is 14.4 Å². The first kappa shape index (κ1) is 20.1. The van der Waals surface area contributed by atoms with Crippen molar-refractivity contribution in [1.82, 2.24) is 0 Å². The molecule has 0 aliphatic rings. The van der Waals surface area contributed by atoms with Crippen LogP contribution in [-0.2, 0) is 16.1 Å². The van der Waals surface area contributed by atoms with Gasteiger partial charge in [-0.15, -0.1) is 0 Å². The number of benzene rings is 2. The summed E-state index contributed by atoms with van der Waals surface area (Å²) in [7, 11) is 1.27. The van der Waals surface area contributed by atoms with Gasteiger partial charge in [0.05, 0.1) is 12.7 Å². The molecule has 0 fully saturated rings. The second-order valence-electron chi connectivity index (χ2n) is 6.49. The lowest BCUT2D eigenvalue weighted by atomic mass is 9.98. The van der Waals surface area contributed by atoms with Gasteiger partial charge in [-0.05, 0) is 26.0 Å². The zero-order valence-electron chi connectivity index (χ0n) is 16.4. The molecule has 2 aromatic carbocycles. The molecule has 0 N–H and O–H groups in total. The Morgan fingerprint density at radius 2 is 1.52 bits per heavy atom. The second-order valence-corrected chi connectivity index (χ2v) is 6.49. The monoisotopic (exact) mass is 392 g/mol. The van der Waals surface area contributed by atoms with E-state index >= 15 is 0 Å². The van der Waals surface area contributed by atoms with Crippen LogP contribution in [0, 0.1) is 13.8 Å². The van der Waals surface area contributed by atoms with Gasteiger partial charge in [-0.2, -0.15) is 0 Å². The molecular formula is C23H20O6. The lowest BCUT2D eigenvalue weighted by molar-refractivity contribution is 0.0441. The summed E-state index contributed by atoms with van der Waals surface area (Å²) in [6.45, 7) is 3.37. The molecule has 6 nitrogen and oxygen atoms in total. The Bertz CT molecular complexity index is 1060. The van der Waals surface area contributed by atoms with Crippen LogP contribution in [0.2, 0.25) is 0 Å². The summed E-state index contributed by atoms with van der Waals surface area (Å²) in [4.78, 5) is 37.1. The number of rotatable bonds is 6. The maximum atomic E-state index is 12.8. The van der Waals surface area contributed by atoms with Gasteiger partial charge in [0.25, 0.3) is 0 Å². The average Bonchev–Trinajstić information content (AvgIpc) is 3.12. The topological polar surface area (TPSA) is 82.8 Å². The highest BCUT2D eigenvalue weighted by Gasteiger charge is 2.21. The van der Waals surface area contributed by atoms with Crippen LogP contribution in [0.15, 0.2) is 59.0 Å². The Morgan fingerprint density at radius 3 is 2.17 bits per heavy atom. The third kappa shape index (κ3) is 4.43. The minimum Gasteiger partial charge on any atom is -0.465 e. The van der Waals surface area contributed by atoms with Gasteiger partial charge in [-0.3, -0.25) is 4.79 Å². The molecule has 0 bridgehead atoms. The van der Waals surface area contributed by atoms with Gasteiger partial charge in [0.2, 0.25) is 0 Å². The summed E-state index contributed by atoms with van der Waals surface area (Å²) in [5.41, 5.74) is 2.21. The van der Waals surface area contributed by atoms with Crippen LogP contribution in [0.1, 0.15) is 53.7 Å². The van der Waals surface area contributed by atoms with Crippen molar-refractivity contribution in [2.75, 3.05) is 7.11 Å². The normalized spacial score (nSPS) is 10.4. The maximum absolute atomic E-state index is 12.8. The van der Waals surface area contributed by atoms with Crippen molar-refractivity contribution in [3.63, 3.8) is 0 Å². The number of hydrogen-bond acceptors (Lipinski definition) is 6.